The molecule has 148 valence electrons. The summed E-state index contributed by atoms with van der Waals surface area (Å²) >= 11 is 0. The number of nitriles is 1. The average molecular weight is 389 g/mol. The summed E-state index contributed by atoms with van der Waals surface area (Å²) in [6.07, 6.45) is 0. The molecule has 0 amide bonds. The molecule has 0 saturated carbocycles. The van der Waals surface area contributed by atoms with Crippen LogP contribution in [0.5, 0.6) is 0 Å². The molecule has 4 rings (SSSR count). The van der Waals surface area contributed by atoms with Crippen LogP contribution in [0.1, 0.15) is 11.1 Å². The van der Waals surface area contributed by atoms with E-state index in [9.17, 15) is 14.9 Å². The van der Waals surface area contributed by atoms with Crippen molar-refractivity contribution in [1.82, 2.24) is 14.0 Å². The fraction of sp³-hybridized carbons (Fsp3) is 0.318. The Balaban J connectivity index is 1.56. The smallest absolute Gasteiger partial charge is 0.332 e. The Kier molecular flexibility index (Phi) is 4.95. The molecule has 0 N–H and O–H groups in total. The van der Waals surface area contributed by atoms with Gasteiger partial charge in [0.1, 0.15) is 11.9 Å². The van der Waals surface area contributed by atoms with Crippen LogP contribution in [0.4, 0.5) is 5.82 Å². The van der Waals surface area contributed by atoms with Crippen LogP contribution in [0.2, 0.25) is 0 Å². The highest BCUT2D eigenvalue weighted by Gasteiger charge is 2.25. The fourth-order valence-electron chi connectivity index (χ4n) is 4.09. The molecule has 0 spiro atoms. The molecule has 0 bridgehead atoms. The Bertz CT molecular complexity index is 1220. The Morgan fingerprint density at radius 3 is 2.34 bits per heavy atom. The zero-order chi connectivity index (χ0) is 20.5. The molecule has 0 unspecified atom stereocenters. The molecule has 7 nitrogen and oxygen atoms in total. The number of anilines is 1. The van der Waals surface area contributed by atoms with Gasteiger partial charge in [-0.25, -0.2) is 4.79 Å². The highest BCUT2D eigenvalue weighted by molar-refractivity contribution is 5.85. The minimum Gasteiger partial charge on any atom is -0.354 e. The van der Waals surface area contributed by atoms with Crippen molar-refractivity contribution in [3.8, 4) is 6.07 Å². The van der Waals surface area contributed by atoms with Crippen LogP contribution < -0.4 is 16.1 Å². The third kappa shape index (κ3) is 3.32. The Hall–Kier alpha value is -3.37. The molecular weight excluding hydrogens is 366 g/mol. The van der Waals surface area contributed by atoms with E-state index in [1.807, 2.05) is 17.0 Å². The molecule has 0 atom stereocenters. The standard InChI is InChI=1S/C22H23N5O2/c1-24-20(19(14-23)21(28)25(2)22(24)29)27-12-10-26(11-13-27)15-17-8-5-7-16-6-3-4-9-18(16)17/h3-9H,10-13,15H2,1-2H3. The van der Waals surface area contributed by atoms with Gasteiger partial charge in [0.2, 0.25) is 0 Å². The summed E-state index contributed by atoms with van der Waals surface area (Å²) in [6, 6.07) is 16.7. The van der Waals surface area contributed by atoms with E-state index in [1.54, 1.807) is 7.05 Å². The van der Waals surface area contributed by atoms with Crippen LogP contribution >= 0.6 is 0 Å². The number of aromatic nitrogens is 2. The second-order valence-corrected chi connectivity index (χ2v) is 7.42. The van der Waals surface area contributed by atoms with Gasteiger partial charge in [0.25, 0.3) is 5.56 Å². The van der Waals surface area contributed by atoms with E-state index in [0.717, 1.165) is 24.2 Å². The minimum absolute atomic E-state index is 0.0251. The van der Waals surface area contributed by atoms with E-state index >= 15 is 0 Å². The zero-order valence-corrected chi connectivity index (χ0v) is 16.6. The Morgan fingerprint density at radius 2 is 1.62 bits per heavy atom. The van der Waals surface area contributed by atoms with Gasteiger partial charge in [-0.1, -0.05) is 42.5 Å². The van der Waals surface area contributed by atoms with Crippen molar-refractivity contribution >= 4 is 16.6 Å². The van der Waals surface area contributed by atoms with Gasteiger partial charge < -0.3 is 4.90 Å². The highest BCUT2D eigenvalue weighted by Crippen LogP contribution is 2.22. The van der Waals surface area contributed by atoms with E-state index in [0.29, 0.717) is 18.9 Å². The van der Waals surface area contributed by atoms with Crippen molar-refractivity contribution in [1.29, 1.82) is 5.26 Å². The lowest BCUT2D eigenvalue weighted by atomic mass is 10.0. The average Bonchev–Trinajstić information content (AvgIpc) is 2.75. The quantitative estimate of drug-likeness (QED) is 0.678. The molecule has 7 heteroatoms. The third-order valence-corrected chi connectivity index (χ3v) is 5.69. The zero-order valence-electron chi connectivity index (χ0n) is 16.6. The van der Waals surface area contributed by atoms with Crippen molar-refractivity contribution in [2.24, 2.45) is 14.1 Å². The van der Waals surface area contributed by atoms with E-state index in [-0.39, 0.29) is 5.56 Å². The van der Waals surface area contributed by atoms with Crippen molar-refractivity contribution in [2.75, 3.05) is 31.1 Å². The van der Waals surface area contributed by atoms with Gasteiger partial charge in [0.15, 0.2) is 5.56 Å². The number of fused-ring (bicyclic) bond motifs is 1. The summed E-state index contributed by atoms with van der Waals surface area (Å²) in [7, 11) is 3.01. The topological polar surface area (TPSA) is 74.3 Å². The summed E-state index contributed by atoms with van der Waals surface area (Å²) in [6.45, 7) is 3.73. The molecule has 2 aromatic carbocycles. The van der Waals surface area contributed by atoms with Gasteiger partial charge in [-0.2, -0.15) is 5.26 Å². The monoisotopic (exact) mass is 389 g/mol. The molecule has 1 aliphatic heterocycles. The van der Waals surface area contributed by atoms with Gasteiger partial charge in [0, 0.05) is 46.8 Å². The van der Waals surface area contributed by atoms with Gasteiger partial charge in [0.05, 0.1) is 0 Å². The summed E-state index contributed by atoms with van der Waals surface area (Å²) < 4.78 is 2.39. The van der Waals surface area contributed by atoms with Gasteiger partial charge in [-0.15, -0.1) is 0 Å². The molecular formula is C22H23N5O2. The van der Waals surface area contributed by atoms with Crippen molar-refractivity contribution in [2.45, 2.75) is 6.54 Å². The number of nitrogens with zero attached hydrogens (tertiary/aromatic N) is 5. The van der Waals surface area contributed by atoms with Crippen molar-refractivity contribution in [3.63, 3.8) is 0 Å². The summed E-state index contributed by atoms with van der Waals surface area (Å²) in [5.74, 6) is 0.422. The lowest BCUT2D eigenvalue weighted by Gasteiger charge is -2.37. The van der Waals surface area contributed by atoms with Crippen molar-refractivity contribution < 1.29 is 0 Å². The molecule has 3 aromatic rings. The van der Waals surface area contributed by atoms with Gasteiger partial charge in [-0.05, 0) is 16.3 Å². The molecule has 0 aliphatic carbocycles. The second kappa shape index (κ2) is 7.57. The first-order valence-electron chi connectivity index (χ1n) is 9.65. The lowest BCUT2D eigenvalue weighted by Crippen LogP contribution is -2.50. The predicted octanol–water partition coefficient (Wildman–Crippen LogP) is 1.43. The van der Waals surface area contributed by atoms with E-state index in [4.69, 9.17) is 0 Å². The minimum atomic E-state index is -0.538. The number of piperazine rings is 1. The summed E-state index contributed by atoms with van der Waals surface area (Å²) in [5, 5.41) is 12.0. The van der Waals surface area contributed by atoms with Crippen LogP contribution in [0.3, 0.4) is 0 Å². The van der Waals surface area contributed by atoms with Crippen LogP contribution in [0, 0.1) is 11.3 Å². The molecule has 29 heavy (non-hydrogen) atoms. The lowest BCUT2D eigenvalue weighted by molar-refractivity contribution is 0.249. The molecule has 2 heterocycles. The maximum atomic E-state index is 12.4. The number of benzene rings is 2. The van der Waals surface area contributed by atoms with Gasteiger partial charge >= 0.3 is 5.69 Å². The van der Waals surface area contributed by atoms with Gasteiger partial charge in [-0.3, -0.25) is 18.8 Å². The highest BCUT2D eigenvalue weighted by atomic mass is 16.2. The van der Waals surface area contributed by atoms with Crippen molar-refractivity contribution in [3.05, 3.63) is 74.4 Å². The SMILES string of the molecule is Cn1c(N2CCN(Cc3cccc4ccccc34)CC2)c(C#N)c(=O)n(C)c1=O. The Morgan fingerprint density at radius 1 is 0.931 bits per heavy atom. The first-order valence-corrected chi connectivity index (χ1v) is 9.65. The van der Waals surface area contributed by atoms with E-state index in [1.165, 1.54) is 28.0 Å². The first kappa shape index (κ1) is 19.0. The largest absolute Gasteiger partial charge is 0.354 e. The molecule has 0 radical (unpaired) electrons. The number of hydrogen-bond acceptors (Lipinski definition) is 5. The number of hydrogen-bond donors (Lipinski definition) is 0. The summed E-state index contributed by atoms with van der Waals surface area (Å²) in [4.78, 5) is 29.0. The third-order valence-electron chi connectivity index (χ3n) is 5.69. The number of rotatable bonds is 3. The molecule has 1 saturated heterocycles. The predicted molar refractivity (Wildman–Crippen MR) is 113 cm³/mol. The van der Waals surface area contributed by atoms with Crippen LogP contribution in [-0.4, -0.2) is 40.2 Å². The van der Waals surface area contributed by atoms with Crippen LogP contribution in [-0.2, 0) is 20.6 Å². The summed E-state index contributed by atoms with van der Waals surface area (Å²) in [5.41, 5.74) is 0.360. The van der Waals surface area contributed by atoms with Crippen LogP contribution in [0.15, 0.2) is 52.1 Å². The maximum Gasteiger partial charge on any atom is 0.332 e. The maximum absolute atomic E-state index is 12.4. The first-order chi connectivity index (χ1) is 14.0. The normalized spacial score (nSPS) is 14.9. The molecule has 1 fully saturated rings. The second-order valence-electron chi connectivity index (χ2n) is 7.42. The fourth-order valence-corrected chi connectivity index (χ4v) is 4.09. The molecule has 1 aromatic heterocycles. The van der Waals surface area contributed by atoms with E-state index in [2.05, 4.69) is 41.3 Å². The molecule has 1 aliphatic rings. The van der Waals surface area contributed by atoms with E-state index < -0.39 is 11.2 Å². The van der Waals surface area contributed by atoms with Crippen LogP contribution in [0.25, 0.3) is 10.8 Å². The Labute approximate surface area is 168 Å².